The van der Waals surface area contributed by atoms with E-state index in [1.807, 2.05) is 115 Å². The van der Waals surface area contributed by atoms with Gasteiger partial charge < -0.3 is 9.55 Å². The van der Waals surface area contributed by atoms with Gasteiger partial charge in [0.1, 0.15) is 11.0 Å². The molecule has 4 aromatic heterocycles. The smallest absolute Gasteiger partial charge is 0.224 e. The highest BCUT2D eigenvalue weighted by Crippen LogP contribution is 2.19. The Bertz CT molecular complexity index is 1430. The fraction of sp³-hybridized carbons (Fsp3) is 0.250. The number of H-pyrrole nitrogens is 1. The summed E-state index contributed by atoms with van der Waals surface area (Å²) in [6.07, 6.45) is 7.07. The highest BCUT2D eigenvalue weighted by Gasteiger charge is 2.03. The Kier molecular flexibility index (Phi) is 21.3. The molecule has 6 nitrogen and oxygen atoms in total. The summed E-state index contributed by atoms with van der Waals surface area (Å²) in [7, 11) is 0. The normalized spacial score (nSPS) is 8.85. The lowest BCUT2D eigenvalue weighted by Gasteiger charge is -2.03. The zero-order valence-electron chi connectivity index (χ0n) is 25.1. The van der Waals surface area contributed by atoms with Gasteiger partial charge in [0.25, 0.3) is 0 Å². The van der Waals surface area contributed by atoms with Crippen LogP contribution in [0.2, 0.25) is 15.7 Å². The van der Waals surface area contributed by atoms with Crippen molar-refractivity contribution in [1.82, 2.24) is 29.5 Å². The van der Waals surface area contributed by atoms with Gasteiger partial charge in [0.15, 0.2) is 0 Å². The first kappa shape index (κ1) is 37.6. The quantitative estimate of drug-likeness (QED) is 0.147. The Morgan fingerprint density at radius 2 is 1.15 bits per heavy atom. The minimum atomic E-state index is 0.178. The molecule has 0 unspecified atom stereocenters. The maximum Gasteiger partial charge on any atom is 0.224 e. The summed E-state index contributed by atoms with van der Waals surface area (Å²) in [5.41, 5.74) is 2.31. The summed E-state index contributed by atoms with van der Waals surface area (Å²) in [5.74, 6) is 0.779. The molecule has 0 saturated carbocycles. The second-order valence-corrected chi connectivity index (χ2v) is 7.71. The average Bonchev–Trinajstić information content (AvgIpc) is 3.69. The predicted octanol–water partition coefficient (Wildman–Crippen LogP) is 11.1. The van der Waals surface area contributed by atoms with Crippen molar-refractivity contribution in [2.24, 2.45) is 0 Å². The maximum absolute atomic E-state index is 5.78. The third-order valence-corrected chi connectivity index (χ3v) is 5.09. The van der Waals surface area contributed by atoms with E-state index in [1.54, 1.807) is 12.3 Å². The highest BCUT2D eigenvalue weighted by atomic mass is 35.5. The molecule has 4 heterocycles. The molecule has 0 saturated heterocycles. The topological polar surface area (TPSA) is 72.3 Å². The van der Waals surface area contributed by atoms with Crippen molar-refractivity contribution in [2.45, 2.75) is 55.4 Å². The number of hydrogen-bond acceptors (Lipinski definition) is 4. The van der Waals surface area contributed by atoms with Crippen molar-refractivity contribution in [2.75, 3.05) is 0 Å². The Hall–Kier alpha value is -3.45. The van der Waals surface area contributed by atoms with E-state index >= 15 is 0 Å². The number of nitrogens with zero attached hydrogens (tertiary/aromatic N) is 5. The Morgan fingerprint density at radius 1 is 0.585 bits per heavy atom. The van der Waals surface area contributed by atoms with Crippen LogP contribution in [0.25, 0.3) is 27.6 Å². The van der Waals surface area contributed by atoms with Crippen molar-refractivity contribution in [3.63, 3.8) is 0 Å². The first-order chi connectivity index (χ1) is 20.1. The fourth-order valence-corrected chi connectivity index (χ4v) is 3.52. The van der Waals surface area contributed by atoms with E-state index in [1.165, 1.54) is 22.5 Å². The van der Waals surface area contributed by atoms with Crippen molar-refractivity contribution >= 4 is 56.6 Å². The van der Waals surface area contributed by atoms with Crippen molar-refractivity contribution in [3.05, 3.63) is 113 Å². The molecule has 0 aliphatic rings. The lowest BCUT2D eigenvalue weighted by molar-refractivity contribution is 1.01. The molecular weight excluding hydrogens is 575 g/mol. The molecule has 0 bridgehead atoms. The molecule has 220 valence electrons. The van der Waals surface area contributed by atoms with Crippen molar-refractivity contribution < 1.29 is 0 Å². The molecule has 0 aliphatic carbocycles. The predicted molar refractivity (Wildman–Crippen MR) is 180 cm³/mol. The van der Waals surface area contributed by atoms with E-state index in [0.717, 1.165) is 11.3 Å². The van der Waals surface area contributed by atoms with Crippen LogP contribution in [-0.2, 0) is 0 Å². The molecule has 1 N–H and O–H groups in total. The molecule has 2 aromatic carbocycles. The molecule has 0 atom stereocenters. The van der Waals surface area contributed by atoms with Crippen LogP contribution in [0, 0.1) is 0 Å². The van der Waals surface area contributed by atoms with E-state index in [9.17, 15) is 0 Å². The molecule has 0 spiro atoms. The molecule has 41 heavy (non-hydrogen) atoms. The maximum atomic E-state index is 5.78. The first-order valence-electron chi connectivity index (χ1n) is 13.8. The number of rotatable bonds is 1. The minimum absolute atomic E-state index is 0.178. The van der Waals surface area contributed by atoms with Crippen LogP contribution in [0.3, 0.4) is 0 Å². The number of aromatic amines is 1. The van der Waals surface area contributed by atoms with Crippen LogP contribution in [0.15, 0.2) is 97.6 Å². The Morgan fingerprint density at radius 3 is 1.71 bits per heavy atom. The Labute approximate surface area is 259 Å². The van der Waals surface area contributed by atoms with Crippen molar-refractivity contribution in [1.29, 1.82) is 0 Å². The number of benzene rings is 2. The van der Waals surface area contributed by atoms with Crippen LogP contribution in [-0.4, -0.2) is 29.5 Å². The summed E-state index contributed by atoms with van der Waals surface area (Å²) in [6.45, 7) is 16.0. The van der Waals surface area contributed by atoms with Gasteiger partial charge in [0.05, 0.1) is 5.52 Å². The van der Waals surface area contributed by atoms with Gasteiger partial charge in [0, 0.05) is 30.3 Å². The van der Waals surface area contributed by atoms with Gasteiger partial charge in [-0.15, -0.1) is 0 Å². The molecule has 0 amide bonds. The molecule has 0 aliphatic heterocycles. The van der Waals surface area contributed by atoms with Gasteiger partial charge in [-0.1, -0.05) is 103 Å². The molecule has 9 heteroatoms. The van der Waals surface area contributed by atoms with Gasteiger partial charge in [-0.3, -0.25) is 0 Å². The monoisotopic (exact) mass is 614 g/mol. The zero-order valence-corrected chi connectivity index (χ0v) is 27.4. The van der Waals surface area contributed by atoms with Crippen LogP contribution in [0.5, 0.6) is 0 Å². The second-order valence-electron chi connectivity index (χ2n) is 6.64. The lowest BCUT2D eigenvalue weighted by Crippen LogP contribution is -1.96. The van der Waals surface area contributed by atoms with Crippen LogP contribution in [0.1, 0.15) is 55.4 Å². The van der Waals surface area contributed by atoms with Crippen LogP contribution < -0.4 is 0 Å². The van der Waals surface area contributed by atoms with Crippen molar-refractivity contribution in [3.8, 4) is 5.82 Å². The zero-order chi connectivity index (χ0) is 31.0. The largest absolute Gasteiger partial charge is 0.361 e. The molecule has 0 fully saturated rings. The fourth-order valence-electron chi connectivity index (χ4n) is 3.05. The number of nitrogens with one attached hydrogen (secondary N) is 1. The SMILES string of the molecule is CC.CC.CC.CC.Clc1ccnc(Cl)n1.Clc1nccc(-n2ccc3ccccc32)n1.c1ccc2[nH]ccc2c1. The van der Waals surface area contributed by atoms with Crippen LogP contribution >= 0.6 is 34.8 Å². The minimum Gasteiger partial charge on any atom is -0.361 e. The molecular formula is C32H41Cl3N6. The lowest BCUT2D eigenvalue weighted by atomic mass is 10.2. The van der Waals surface area contributed by atoms with Gasteiger partial charge in [-0.2, -0.15) is 4.98 Å². The highest BCUT2D eigenvalue weighted by molar-refractivity contribution is 6.31. The van der Waals surface area contributed by atoms with Gasteiger partial charge in [-0.05, 0) is 70.4 Å². The summed E-state index contributed by atoms with van der Waals surface area (Å²) in [5, 5.41) is 3.26. The van der Waals surface area contributed by atoms with Crippen LogP contribution in [0.4, 0.5) is 0 Å². The number of halogens is 3. The number of aromatic nitrogens is 6. The van der Waals surface area contributed by atoms with E-state index in [4.69, 9.17) is 34.8 Å². The van der Waals surface area contributed by atoms with E-state index in [0.29, 0.717) is 5.15 Å². The van der Waals surface area contributed by atoms with E-state index in [2.05, 4.69) is 49.2 Å². The molecule has 6 rings (SSSR count). The number of hydrogen-bond donors (Lipinski definition) is 1. The van der Waals surface area contributed by atoms with E-state index < -0.39 is 0 Å². The Balaban J connectivity index is 0.000000551. The summed E-state index contributed by atoms with van der Waals surface area (Å²) in [6, 6.07) is 23.9. The summed E-state index contributed by atoms with van der Waals surface area (Å²) >= 11 is 16.5. The standard InChI is InChI=1S/C12H8ClN3.C8H7N.C4H2Cl2N2.4C2H6/c13-12-14-7-5-11(15-12)16-8-6-9-3-1-2-4-10(9)16;1-2-4-8-7(3-1)5-6-9-8;5-3-1-2-7-4(6)8-3;4*1-2/h1-8H;1-6,9H;1-2H;4*1-2H3. The third-order valence-electron chi connectivity index (χ3n) is 4.51. The van der Waals surface area contributed by atoms with Gasteiger partial charge in [-0.25, -0.2) is 15.0 Å². The summed E-state index contributed by atoms with van der Waals surface area (Å²) in [4.78, 5) is 18.4. The number of para-hydroxylation sites is 2. The third kappa shape index (κ3) is 13.2. The first-order valence-corrected chi connectivity index (χ1v) is 14.9. The number of fused-ring (bicyclic) bond motifs is 2. The molecule has 0 radical (unpaired) electrons. The second kappa shape index (κ2) is 23.3. The average molecular weight is 616 g/mol. The van der Waals surface area contributed by atoms with Gasteiger partial charge in [0.2, 0.25) is 10.6 Å². The molecule has 6 aromatic rings. The summed E-state index contributed by atoms with van der Waals surface area (Å²) < 4.78 is 1.99. The van der Waals surface area contributed by atoms with Gasteiger partial charge >= 0.3 is 0 Å². The van der Waals surface area contributed by atoms with E-state index in [-0.39, 0.29) is 10.6 Å².